The summed E-state index contributed by atoms with van der Waals surface area (Å²) in [5.41, 5.74) is 7.69. The number of hydrogen-bond acceptors (Lipinski definition) is 6. The highest BCUT2D eigenvalue weighted by molar-refractivity contribution is 7.89. The smallest absolute Gasteiger partial charge is 0.260 e. The van der Waals surface area contributed by atoms with Crippen molar-refractivity contribution >= 4 is 15.7 Å². The molecule has 2 heterocycles. The van der Waals surface area contributed by atoms with Crippen LogP contribution in [0.2, 0.25) is 0 Å². The average Bonchev–Trinajstić information content (AvgIpc) is 3.68. The van der Waals surface area contributed by atoms with E-state index in [0.717, 1.165) is 22.4 Å². The summed E-state index contributed by atoms with van der Waals surface area (Å²) in [5.74, 6) is 1.12. The number of ether oxygens (including phenoxy) is 2. The van der Waals surface area contributed by atoms with Crippen LogP contribution in [-0.4, -0.2) is 36.8 Å². The van der Waals surface area contributed by atoms with Crippen LogP contribution in [0.4, 0.5) is 0 Å². The van der Waals surface area contributed by atoms with Crippen LogP contribution in [0.15, 0.2) is 126 Å². The van der Waals surface area contributed by atoms with Crippen molar-refractivity contribution in [1.29, 1.82) is 0 Å². The monoisotopic (exact) mass is 564 g/mol. The molecule has 6 rings (SSSR count). The van der Waals surface area contributed by atoms with Crippen molar-refractivity contribution < 1.29 is 17.9 Å². The lowest BCUT2D eigenvalue weighted by molar-refractivity contribution is 0.347. The topological polar surface area (TPSA) is 85.7 Å². The Hall–Kier alpha value is -4.86. The lowest BCUT2D eigenvalue weighted by Gasteiger charge is -2.24. The fourth-order valence-electron chi connectivity index (χ4n) is 4.88. The minimum Gasteiger partial charge on any atom is -0.493 e. The molecule has 0 bridgehead atoms. The van der Waals surface area contributed by atoms with E-state index in [2.05, 4.69) is 5.43 Å². The Morgan fingerprint density at radius 3 is 2.05 bits per heavy atom. The molecular formula is C32H28N4O4S. The van der Waals surface area contributed by atoms with Gasteiger partial charge in [0.25, 0.3) is 10.0 Å². The molecule has 1 aliphatic heterocycles. The minimum atomic E-state index is -3.98. The lowest BCUT2D eigenvalue weighted by atomic mass is 10.0. The zero-order chi connectivity index (χ0) is 28.4. The van der Waals surface area contributed by atoms with Gasteiger partial charge >= 0.3 is 0 Å². The third kappa shape index (κ3) is 4.97. The van der Waals surface area contributed by atoms with Crippen molar-refractivity contribution in [2.24, 2.45) is 0 Å². The summed E-state index contributed by atoms with van der Waals surface area (Å²) in [7, 11) is -0.842. The Kier molecular flexibility index (Phi) is 7.05. The molecule has 1 aliphatic rings. The van der Waals surface area contributed by atoms with Crippen molar-refractivity contribution in [3.63, 3.8) is 0 Å². The number of methoxy groups -OCH3 is 2. The molecule has 0 unspecified atom stereocenters. The largest absolute Gasteiger partial charge is 0.493 e. The number of nitrogens with one attached hydrogen (secondary N) is 1. The molecule has 1 N–H and O–H groups in total. The number of para-hydroxylation sites is 1. The number of aromatic nitrogens is 2. The summed E-state index contributed by atoms with van der Waals surface area (Å²) in [6.07, 6.45) is 3.80. The standard InChI is InChI=1S/C32H28N4O4S/c1-39-30-19-18-24(20-31(30)40-2)28-21-29(36(33-28)41(37,38)26-16-10-5-11-17-26)27-22-35(25-14-8-4-9-15-25)34-32(27)23-12-6-3-7-13-23/h3-22,29,33H,1-2H3/t29-/m0/s1. The molecule has 1 aromatic heterocycles. The minimum absolute atomic E-state index is 0.177. The maximum absolute atomic E-state index is 14.1. The van der Waals surface area contributed by atoms with Crippen LogP contribution < -0.4 is 14.9 Å². The number of hydrazine groups is 1. The van der Waals surface area contributed by atoms with Gasteiger partial charge < -0.3 is 14.9 Å². The van der Waals surface area contributed by atoms with E-state index in [9.17, 15) is 8.42 Å². The molecule has 0 saturated heterocycles. The van der Waals surface area contributed by atoms with Gasteiger partial charge in [0.15, 0.2) is 11.5 Å². The maximum Gasteiger partial charge on any atom is 0.260 e. The first-order valence-corrected chi connectivity index (χ1v) is 14.4. The van der Waals surface area contributed by atoms with E-state index in [4.69, 9.17) is 14.6 Å². The van der Waals surface area contributed by atoms with E-state index in [1.54, 1.807) is 55.3 Å². The molecule has 1 atom stereocenters. The normalized spacial score (nSPS) is 15.3. The van der Waals surface area contributed by atoms with E-state index < -0.39 is 16.1 Å². The van der Waals surface area contributed by atoms with Crippen LogP contribution in [0, 0.1) is 0 Å². The van der Waals surface area contributed by atoms with Gasteiger partial charge in [-0.3, -0.25) is 0 Å². The first-order chi connectivity index (χ1) is 20.0. The molecule has 0 radical (unpaired) electrons. The first-order valence-electron chi connectivity index (χ1n) is 13.0. The predicted octanol–water partition coefficient (Wildman–Crippen LogP) is 5.85. The van der Waals surface area contributed by atoms with Crippen LogP contribution >= 0.6 is 0 Å². The number of nitrogens with zero attached hydrogens (tertiary/aromatic N) is 3. The SMILES string of the molecule is COc1ccc(C2=C[C@@H](c3cn(-c4ccccc4)nc3-c3ccccc3)N(S(=O)(=O)c3ccccc3)N2)cc1OC. The van der Waals surface area contributed by atoms with Gasteiger partial charge in [-0.25, -0.2) is 13.1 Å². The second-order valence-corrected chi connectivity index (χ2v) is 11.2. The molecule has 0 spiro atoms. The third-order valence-corrected chi connectivity index (χ3v) is 8.64. The van der Waals surface area contributed by atoms with Gasteiger partial charge in [0.2, 0.25) is 0 Å². The third-order valence-electron chi connectivity index (χ3n) is 6.93. The van der Waals surface area contributed by atoms with E-state index in [1.165, 1.54) is 4.41 Å². The second-order valence-electron chi connectivity index (χ2n) is 9.40. The van der Waals surface area contributed by atoms with E-state index in [-0.39, 0.29) is 4.90 Å². The molecule has 0 fully saturated rings. The Bertz CT molecular complexity index is 1810. The highest BCUT2D eigenvalue weighted by Gasteiger charge is 2.39. The zero-order valence-corrected chi connectivity index (χ0v) is 23.3. The summed E-state index contributed by atoms with van der Waals surface area (Å²) < 4.78 is 42.2. The summed E-state index contributed by atoms with van der Waals surface area (Å²) in [6, 6.07) is 32.7. The highest BCUT2D eigenvalue weighted by Crippen LogP contribution is 2.41. The summed E-state index contributed by atoms with van der Waals surface area (Å²) in [5, 5.41) is 4.93. The van der Waals surface area contributed by atoms with E-state index in [1.807, 2.05) is 85.1 Å². The van der Waals surface area contributed by atoms with Crippen molar-refractivity contribution in [3.8, 4) is 28.4 Å². The average molecular weight is 565 g/mol. The quantitative estimate of drug-likeness (QED) is 0.255. The molecule has 0 saturated carbocycles. The molecule has 8 nitrogen and oxygen atoms in total. The fourth-order valence-corrected chi connectivity index (χ4v) is 6.30. The lowest BCUT2D eigenvalue weighted by Crippen LogP contribution is -2.39. The van der Waals surface area contributed by atoms with Crippen LogP contribution in [0.1, 0.15) is 17.2 Å². The van der Waals surface area contributed by atoms with Crippen LogP contribution in [-0.2, 0) is 10.0 Å². The molecular weight excluding hydrogens is 536 g/mol. The van der Waals surface area contributed by atoms with Gasteiger partial charge in [-0.1, -0.05) is 66.7 Å². The predicted molar refractivity (Wildman–Crippen MR) is 158 cm³/mol. The van der Waals surface area contributed by atoms with Gasteiger partial charge in [-0.2, -0.15) is 5.10 Å². The van der Waals surface area contributed by atoms with Crippen molar-refractivity contribution in [2.45, 2.75) is 10.9 Å². The molecule has 0 amide bonds. The number of rotatable bonds is 8. The van der Waals surface area contributed by atoms with E-state index in [0.29, 0.717) is 22.9 Å². The van der Waals surface area contributed by atoms with Crippen molar-refractivity contribution in [1.82, 2.24) is 19.6 Å². The zero-order valence-electron chi connectivity index (χ0n) is 22.5. The van der Waals surface area contributed by atoms with Gasteiger partial charge in [-0.15, -0.1) is 4.41 Å². The highest BCUT2D eigenvalue weighted by atomic mass is 32.2. The van der Waals surface area contributed by atoms with Crippen molar-refractivity contribution in [3.05, 3.63) is 133 Å². The Balaban J connectivity index is 1.54. The Morgan fingerprint density at radius 2 is 1.39 bits per heavy atom. The van der Waals surface area contributed by atoms with Gasteiger partial charge in [0.1, 0.15) is 0 Å². The fraction of sp³-hybridized carbons (Fsp3) is 0.0938. The van der Waals surface area contributed by atoms with Crippen molar-refractivity contribution in [2.75, 3.05) is 14.2 Å². The Labute approximate surface area is 239 Å². The number of hydrogen-bond donors (Lipinski definition) is 1. The van der Waals surface area contributed by atoms with E-state index >= 15 is 0 Å². The molecule has 206 valence electrons. The van der Waals surface area contributed by atoms with Crippen LogP contribution in [0.3, 0.4) is 0 Å². The van der Waals surface area contributed by atoms with Crippen LogP contribution in [0.5, 0.6) is 11.5 Å². The number of benzene rings is 4. The molecule has 5 aromatic rings. The Morgan fingerprint density at radius 1 is 0.756 bits per heavy atom. The molecule has 4 aromatic carbocycles. The summed E-state index contributed by atoms with van der Waals surface area (Å²) >= 11 is 0. The van der Waals surface area contributed by atoms with Gasteiger partial charge in [-0.05, 0) is 48.5 Å². The van der Waals surface area contributed by atoms with Gasteiger partial charge in [0, 0.05) is 22.9 Å². The molecule has 0 aliphatic carbocycles. The summed E-state index contributed by atoms with van der Waals surface area (Å²) in [6.45, 7) is 0. The molecule has 41 heavy (non-hydrogen) atoms. The first kappa shape index (κ1) is 26.4. The maximum atomic E-state index is 14.1. The second kappa shape index (κ2) is 11.0. The summed E-state index contributed by atoms with van der Waals surface area (Å²) in [4.78, 5) is 0.177. The van der Waals surface area contributed by atoms with Crippen LogP contribution in [0.25, 0.3) is 22.6 Å². The molecule has 9 heteroatoms. The van der Waals surface area contributed by atoms with Gasteiger partial charge in [0.05, 0.1) is 42.2 Å². The number of sulfonamides is 1.